The second kappa shape index (κ2) is 5.53. The Bertz CT molecular complexity index is 272. The fraction of sp³-hybridized carbons (Fsp3) is 0.700. The minimum absolute atomic E-state index is 0.330. The Labute approximate surface area is 95.6 Å². The Balaban J connectivity index is 1.74. The molecule has 1 aromatic rings. The van der Waals surface area contributed by atoms with Gasteiger partial charge in [-0.3, -0.25) is 4.90 Å². The minimum Gasteiger partial charge on any atom is -0.379 e. The molecule has 0 saturated carbocycles. The summed E-state index contributed by atoms with van der Waals surface area (Å²) in [6, 6.07) is 0. The number of hydrogen-bond acceptors (Lipinski definition) is 4. The van der Waals surface area contributed by atoms with Crippen LogP contribution < -0.4 is 0 Å². The molecule has 1 aromatic heterocycles. The van der Waals surface area contributed by atoms with E-state index in [1.54, 1.807) is 0 Å². The van der Waals surface area contributed by atoms with E-state index in [2.05, 4.69) is 27.1 Å². The second-order valence-corrected chi connectivity index (χ2v) is 4.31. The van der Waals surface area contributed by atoms with Crippen molar-refractivity contribution in [3.05, 3.63) is 18.7 Å². The van der Waals surface area contributed by atoms with Gasteiger partial charge in [-0.05, 0) is 6.42 Å². The highest BCUT2D eigenvalue weighted by Gasteiger charge is 2.17. The molecule has 1 unspecified atom stereocenters. The Morgan fingerprint density at radius 3 is 2.87 bits per heavy atom. The van der Waals surface area contributed by atoms with Crippen molar-refractivity contribution >= 4 is 12.6 Å². The summed E-state index contributed by atoms with van der Waals surface area (Å²) in [6.07, 6.45) is 6.68. The van der Waals surface area contributed by atoms with E-state index in [1.165, 1.54) is 0 Å². The van der Waals surface area contributed by atoms with E-state index in [1.807, 2.05) is 18.7 Å². The van der Waals surface area contributed by atoms with Crippen LogP contribution in [-0.2, 0) is 11.3 Å². The molecule has 0 aromatic carbocycles. The number of morpholine rings is 1. The zero-order valence-corrected chi connectivity index (χ0v) is 9.64. The minimum atomic E-state index is 0.330. The van der Waals surface area contributed by atoms with Crippen molar-refractivity contribution in [2.75, 3.05) is 26.3 Å². The Morgan fingerprint density at radius 1 is 1.40 bits per heavy atom. The molecular formula is C10H17N3OS. The van der Waals surface area contributed by atoms with E-state index in [9.17, 15) is 0 Å². The number of imidazole rings is 1. The molecular weight excluding hydrogens is 210 g/mol. The molecule has 5 heteroatoms. The first-order valence-corrected chi connectivity index (χ1v) is 5.83. The summed E-state index contributed by atoms with van der Waals surface area (Å²) in [5.74, 6) is 0. The fourth-order valence-electron chi connectivity index (χ4n) is 1.74. The van der Waals surface area contributed by atoms with Crippen LogP contribution in [-0.4, -0.2) is 46.1 Å². The Kier molecular flexibility index (Phi) is 4.05. The molecule has 1 aliphatic rings. The van der Waals surface area contributed by atoms with Gasteiger partial charge in [-0.15, -0.1) is 0 Å². The summed E-state index contributed by atoms with van der Waals surface area (Å²) in [7, 11) is 0. The van der Waals surface area contributed by atoms with Crippen LogP contribution in [0.4, 0.5) is 0 Å². The highest BCUT2D eigenvalue weighted by atomic mass is 32.1. The van der Waals surface area contributed by atoms with Crippen molar-refractivity contribution in [2.45, 2.75) is 18.3 Å². The van der Waals surface area contributed by atoms with E-state index in [0.29, 0.717) is 5.37 Å². The lowest BCUT2D eigenvalue weighted by atomic mass is 10.3. The van der Waals surface area contributed by atoms with Crippen LogP contribution in [0.15, 0.2) is 18.7 Å². The highest BCUT2D eigenvalue weighted by Crippen LogP contribution is 2.12. The van der Waals surface area contributed by atoms with E-state index in [-0.39, 0.29) is 0 Å². The van der Waals surface area contributed by atoms with Gasteiger partial charge in [0.25, 0.3) is 0 Å². The number of nitrogens with zero attached hydrogens (tertiary/aromatic N) is 3. The third kappa shape index (κ3) is 3.22. The molecule has 0 amide bonds. The average molecular weight is 227 g/mol. The van der Waals surface area contributed by atoms with Gasteiger partial charge >= 0.3 is 0 Å². The first-order valence-electron chi connectivity index (χ1n) is 5.32. The van der Waals surface area contributed by atoms with Gasteiger partial charge in [-0.1, -0.05) is 0 Å². The zero-order chi connectivity index (χ0) is 10.5. The number of thiol groups is 1. The van der Waals surface area contributed by atoms with Crippen molar-refractivity contribution in [2.24, 2.45) is 0 Å². The maximum atomic E-state index is 5.31. The summed E-state index contributed by atoms with van der Waals surface area (Å²) in [5, 5.41) is 0.330. The fourth-order valence-corrected chi connectivity index (χ4v) is 2.09. The maximum Gasteiger partial charge on any atom is 0.0945 e. The number of aryl methyl sites for hydroxylation is 1. The van der Waals surface area contributed by atoms with Gasteiger partial charge in [0, 0.05) is 32.0 Å². The molecule has 0 radical (unpaired) electrons. The summed E-state index contributed by atoms with van der Waals surface area (Å²) >= 11 is 4.62. The molecule has 1 atom stereocenters. The predicted octanol–water partition coefficient (Wildman–Crippen LogP) is 0.861. The van der Waals surface area contributed by atoms with Crippen LogP contribution in [0.25, 0.3) is 0 Å². The molecule has 4 nitrogen and oxygen atoms in total. The smallest absolute Gasteiger partial charge is 0.0945 e. The van der Waals surface area contributed by atoms with E-state index >= 15 is 0 Å². The van der Waals surface area contributed by atoms with E-state index in [0.717, 1.165) is 39.3 Å². The normalized spacial score (nSPS) is 20.3. The van der Waals surface area contributed by atoms with E-state index in [4.69, 9.17) is 4.74 Å². The quantitative estimate of drug-likeness (QED) is 0.774. The number of rotatable bonds is 4. The van der Waals surface area contributed by atoms with Gasteiger partial charge in [0.05, 0.1) is 24.9 Å². The van der Waals surface area contributed by atoms with Gasteiger partial charge in [-0.25, -0.2) is 4.98 Å². The Morgan fingerprint density at radius 2 is 2.20 bits per heavy atom. The van der Waals surface area contributed by atoms with E-state index < -0.39 is 0 Å². The van der Waals surface area contributed by atoms with Crippen LogP contribution in [0.3, 0.4) is 0 Å². The molecule has 1 aliphatic heterocycles. The molecule has 0 bridgehead atoms. The lowest BCUT2D eigenvalue weighted by Gasteiger charge is -2.31. The molecule has 15 heavy (non-hydrogen) atoms. The molecule has 0 N–H and O–H groups in total. The molecule has 0 spiro atoms. The average Bonchev–Trinajstić information content (AvgIpc) is 2.80. The Hall–Kier alpha value is -0.520. The van der Waals surface area contributed by atoms with Crippen LogP contribution in [0.1, 0.15) is 6.42 Å². The monoisotopic (exact) mass is 227 g/mol. The first kappa shape index (κ1) is 11.0. The van der Waals surface area contributed by atoms with Gasteiger partial charge in [0.15, 0.2) is 0 Å². The second-order valence-electron chi connectivity index (χ2n) is 3.72. The lowest BCUT2D eigenvalue weighted by molar-refractivity contribution is 0.0312. The van der Waals surface area contributed by atoms with Crippen LogP contribution in [0.2, 0.25) is 0 Å². The maximum absolute atomic E-state index is 5.31. The van der Waals surface area contributed by atoms with Crippen molar-refractivity contribution in [1.82, 2.24) is 14.5 Å². The summed E-state index contributed by atoms with van der Waals surface area (Å²) in [6.45, 7) is 4.64. The number of ether oxygens (including phenoxy) is 1. The van der Waals surface area contributed by atoms with Crippen LogP contribution >= 0.6 is 12.6 Å². The van der Waals surface area contributed by atoms with Crippen LogP contribution in [0, 0.1) is 0 Å². The first-order chi connectivity index (χ1) is 7.36. The van der Waals surface area contributed by atoms with Gasteiger partial charge in [0.2, 0.25) is 0 Å². The summed E-state index contributed by atoms with van der Waals surface area (Å²) < 4.78 is 7.40. The highest BCUT2D eigenvalue weighted by molar-refractivity contribution is 7.80. The van der Waals surface area contributed by atoms with Gasteiger partial charge in [0.1, 0.15) is 0 Å². The van der Waals surface area contributed by atoms with Crippen molar-refractivity contribution in [1.29, 1.82) is 0 Å². The summed E-state index contributed by atoms with van der Waals surface area (Å²) in [4.78, 5) is 6.38. The third-order valence-electron chi connectivity index (χ3n) is 2.67. The standard InChI is InChI=1S/C10H17N3OS/c15-10(13-5-7-14-8-6-13)1-3-12-4-2-11-9-12/h2,4,9-10,15H,1,3,5-8H2. The molecule has 0 aliphatic carbocycles. The molecule has 2 rings (SSSR count). The SMILES string of the molecule is SC(CCn1ccnc1)N1CCOCC1. The number of hydrogen-bond donors (Lipinski definition) is 1. The number of aromatic nitrogens is 2. The summed E-state index contributed by atoms with van der Waals surface area (Å²) in [5.41, 5.74) is 0. The molecule has 1 fully saturated rings. The van der Waals surface area contributed by atoms with Crippen LogP contribution in [0.5, 0.6) is 0 Å². The molecule has 2 heterocycles. The van der Waals surface area contributed by atoms with Crippen molar-refractivity contribution in [3.8, 4) is 0 Å². The topological polar surface area (TPSA) is 30.3 Å². The van der Waals surface area contributed by atoms with Gasteiger partial charge < -0.3 is 9.30 Å². The molecule has 1 saturated heterocycles. The van der Waals surface area contributed by atoms with Gasteiger partial charge in [-0.2, -0.15) is 12.6 Å². The largest absolute Gasteiger partial charge is 0.379 e. The third-order valence-corrected chi connectivity index (χ3v) is 3.26. The molecule has 84 valence electrons. The predicted molar refractivity (Wildman–Crippen MR) is 62.0 cm³/mol. The van der Waals surface area contributed by atoms with Crippen molar-refractivity contribution in [3.63, 3.8) is 0 Å². The van der Waals surface area contributed by atoms with Crippen molar-refractivity contribution < 1.29 is 4.74 Å². The lowest BCUT2D eigenvalue weighted by Crippen LogP contribution is -2.41. The zero-order valence-electron chi connectivity index (χ0n) is 8.75.